The molecule has 0 aliphatic carbocycles. The Bertz CT molecular complexity index is 2720. The van der Waals surface area contributed by atoms with Crippen LogP contribution in [0.2, 0.25) is 0 Å². The predicted octanol–water partition coefficient (Wildman–Crippen LogP) is 12.5. The van der Waals surface area contributed by atoms with Crippen LogP contribution < -0.4 is 4.90 Å². The fraction of sp³-hybridized carbons (Fsp3) is 0.0200. The smallest absolute Gasteiger partial charge is 0.101 e. The first-order valence-electron chi connectivity index (χ1n) is 18.0. The molecule has 0 spiro atoms. The summed E-state index contributed by atoms with van der Waals surface area (Å²) in [6, 6.07) is 73.6. The highest BCUT2D eigenvalue weighted by Crippen LogP contribution is 2.58. The molecule has 0 N–H and O–H groups in total. The molecule has 0 atom stereocenters. The van der Waals surface area contributed by atoms with Crippen LogP contribution in [0.15, 0.2) is 200 Å². The Kier molecular flexibility index (Phi) is 7.09. The molecule has 2 heterocycles. The summed E-state index contributed by atoms with van der Waals surface area (Å²) >= 11 is 0. The third-order valence-electron chi connectivity index (χ3n) is 10.9. The van der Waals surface area contributed by atoms with Crippen LogP contribution in [0.3, 0.4) is 0 Å². The molecule has 248 valence electrons. The standard InChI is InChI=1S/C50H33N3/c51-34-36-33-35(39-21-7-12-26-45(39)53-46-27-13-8-22-40(46)41-23-9-14-28-47(41)53)31-32-44(36)52-48-29-15-10-24-42(48)50(37-17-3-1-4-18-37,38-19-5-2-6-20-38)43-25-11-16-30-49(43)52/h1-33H. The topological polar surface area (TPSA) is 32.0 Å². The molecule has 0 saturated heterocycles. The average molecular weight is 676 g/mol. The minimum Gasteiger partial charge on any atom is -0.309 e. The van der Waals surface area contributed by atoms with Gasteiger partial charge in [0.05, 0.1) is 44.8 Å². The van der Waals surface area contributed by atoms with Gasteiger partial charge in [0, 0.05) is 16.3 Å². The number of nitrogens with zero attached hydrogens (tertiary/aromatic N) is 3. The van der Waals surface area contributed by atoms with Crippen LogP contribution in [-0.4, -0.2) is 4.57 Å². The normalized spacial score (nSPS) is 13.0. The van der Waals surface area contributed by atoms with Crippen LogP contribution in [0.1, 0.15) is 27.8 Å². The van der Waals surface area contributed by atoms with Crippen LogP contribution in [0, 0.1) is 11.3 Å². The summed E-state index contributed by atoms with van der Waals surface area (Å²) in [5.41, 5.74) is 13.1. The van der Waals surface area contributed by atoms with Crippen molar-refractivity contribution in [2.75, 3.05) is 4.90 Å². The van der Waals surface area contributed by atoms with Gasteiger partial charge >= 0.3 is 0 Å². The number of fused-ring (bicyclic) bond motifs is 5. The van der Waals surface area contributed by atoms with E-state index in [9.17, 15) is 5.26 Å². The van der Waals surface area contributed by atoms with Gasteiger partial charge in [0.15, 0.2) is 0 Å². The zero-order valence-corrected chi connectivity index (χ0v) is 28.9. The van der Waals surface area contributed by atoms with Gasteiger partial charge in [0.25, 0.3) is 0 Å². The van der Waals surface area contributed by atoms with Gasteiger partial charge < -0.3 is 9.47 Å². The second kappa shape index (κ2) is 12.3. The first-order valence-corrected chi connectivity index (χ1v) is 18.0. The van der Waals surface area contributed by atoms with Crippen LogP contribution in [-0.2, 0) is 5.41 Å². The Morgan fingerprint density at radius 2 is 0.887 bits per heavy atom. The van der Waals surface area contributed by atoms with Gasteiger partial charge in [-0.2, -0.15) is 5.26 Å². The van der Waals surface area contributed by atoms with E-state index in [0.29, 0.717) is 5.56 Å². The summed E-state index contributed by atoms with van der Waals surface area (Å²) in [5.74, 6) is 0. The van der Waals surface area contributed by atoms with Crippen molar-refractivity contribution in [3.8, 4) is 22.9 Å². The van der Waals surface area contributed by atoms with E-state index in [2.05, 4.69) is 216 Å². The van der Waals surface area contributed by atoms with Gasteiger partial charge in [-0.05, 0) is 70.3 Å². The van der Waals surface area contributed by atoms with Gasteiger partial charge in [-0.15, -0.1) is 0 Å². The summed E-state index contributed by atoms with van der Waals surface area (Å²) in [4.78, 5) is 2.29. The highest BCUT2D eigenvalue weighted by Gasteiger charge is 2.46. The van der Waals surface area contributed by atoms with E-state index in [1.165, 1.54) is 33.0 Å². The van der Waals surface area contributed by atoms with E-state index in [1.54, 1.807) is 0 Å². The Morgan fingerprint density at radius 1 is 0.415 bits per heavy atom. The summed E-state index contributed by atoms with van der Waals surface area (Å²) in [7, 11) is 0. The van der Waals surface area contributed by atoms with Crippen molar-refractivity contribution in [2.24, 2.45) is 0 Å². The molecular formula is C50H33N3. The van der Waals surface area contributed by atoms with Crippen molar-refractivity contribution in [3.05, 3.63) is 228 Å². The van der Waals surface area contributed by atoms with E-state index < -0.39 is 5.41 Å². The quantitative estimate of drug-likeness (QED) is 0.182. The maximum absolute atomic E-state index is 10.9. The predicted molar refractivity (Wildman–Crippen MR) is 217 cm³/mol. The fourth-order valence-corrected chi connectivity index (χ4v) is 8.75. The molecule has 1 aromatic heterocycles. The minimum atomic E-state index is -0.569. The Morgan fingerprint density at radius 3 is 1.45 bits per heavy atom. The monoisotopic (exact) mass is 675 g/mol. The number of hydrogen-bond acceptors (Lipinski definition) is 2. The number of hydrogen-bond donors (Lipinski definition) is 0. The lowest BCUT2D eigenvalue weighted by Gasteiger charge is -2.46. The van der Waals surface area contributed by atoms with Crippen molar-refractivity contribution in [3.63, 3.8) is 0 Å². The summed E-state index contributed by atoms with van der Waals surface area (Å²) in [5, 5.41) is 13.4. The Hall–Kier alpha value is -7.15. The second-order valence-corrected chi connectivity index (χ2v) is 13.6. The van der Waals surface area contributed by atoms with Crippen LogP contribution in [0.25, 0.3) is 38.6 Å². The van der Waals surface area contributed by atoms with E-state index >= 15 is 0 Å². The largest absolute Gasteiger partial charge is 0.309 e. The van der Waals surface area contributed by atoms with Gasteiger partial charge in [-0.25, -0.2) is 0 Å². The lowest BCUT2D eigenvalue weighted by atomic mass is 9.62. The van der Waals surface area contributed by atoms with Crippen LogP contribution in [0.5, 0.6) is 0 Å². The summed E-state index contributed by atoms with van der Waals surface area (Å²) < 4.78 is 2.35. The van der Waals surface area contributed by atoms with E-state index in [4.69, 9.17) is 0 Å². The van der Waals surface area contributed by atoms with E-state index in [1.807, 2.05) is 0 Å². The van der Waals surface area contributed by atoms with Crippen molar-refractivity contribution < 1.29 is 0 Å². The summed E-state index contributed by atoms with van der Waals surface area (Å²) in [6.45, 7) is 0. The minimum absolute atomic E-state index is 0.569. The zero-order chi connectivity index (χ0) is 35.4. The van der Waals surface area contributed by atoms with Crippen LogP contribution >= 0.6 is 0 Å². The van der Waals surface area contributed by atoms with Crippen LogP contribution in [0.4, 0.5) is 17.1 Å². The average Bonchev–Trinajstić information content (AvgIpc) is 3.57. The molecule has 0 radical (unpaired) electrons. The molecular weight excluding hydrogens is 643 g/mol. The van der Waals surface area contributed by atoms with Gasteiger partial charge in [-0.1, -0.05) is 158 Å². The number of benzene rings is 8. The Balaban J connectivity index is 1.19. The van der Waals surface area contributed by atoms with Crippen molar-refractivity contribution in [1.29, 1.82) is 5.26 Å². The summed E-state index contributed by atoms with van der Waals surface area (Å²) in [6.07, 6.45) is 0. The van der Waals surface area contributed by atoms with Gasteiger partial charge in [0.2, 0.25) is 0 Å². The first-order chi connectivity index (χ1) is 26.3. The Labute approximate surface area is 308 Å². The lowest BCUT2D eigenvalue weighted by Crippen LogP contribution is -2.37. The zero-order valence-electron chi connectivity index (χ0n) is 28.9. The lowest BCUT2D eigenvalue weighted by molar-refractivity contribution is 0.731. The van der Waals surface area contributed by atoms with E-state index in [-0.39, 0.29) is 0 Å². The van der Waals surface area contributed by atoms with Gasteiger partial charge in [0.1, 0.15) is 6.07 Å². The third kappa shape index (κ3) is 4.53. The highest BCUT2D eigenvalue weighted by atomic mass is 15.2. The molecule has 53 heavy (non-hydrogen) atoms. The number of aromatic nitrogens is 1. The molecule has 0 unspecified atom stereocenters. The maximum Gasteiger partial charge on any atom is 0.101 e. The molecule has 0 bridgehead atoms. The number of para-hydroxylation sites is 5. The SMILES string of the molecule is N#Cc1cc(-c2ccccc2-n2c3ccccc3c3ccccc32)ccc1N1c2ccccc2C(c2ccccc2)(c2ccccc2)c2ccccc21. The van der Waals surface area contributed by atoms with Crippen molar-refractivity contribution in [2.45, 2.75) is 5.41 Å². The molecule has 3 heteroatoms. The molecule has 0 fully saturated rings. The number of rotatable bonds is 5. The molecule has 0 amide bonds. The fourth-order valence-electron chi connectivity index (χ4n) is 8.75. The number of nitriles is 1. The molecule has 1 aliphatic heterocycles. The molecule has 9 aromatic rings. The molecule has 3 nitrogen and oxygen atoms in total. The molecule has 10 rings (SSSR count). The van der Waals surface area contributed by atoms with Crippen molar-refractivity contribution >= 4 is 38.9 Å². The maximum atomic E-state index is 10.9. The second-order valence-electron chi connectivity index (χ2n) is 13.6. The van der Waals surface area contributed by atoms with Crippen molar-refractivity contribution in [1.82, 2.24) is 4.57 Å². The highest BCUT2D eigenvalue weighted by molar-refractivity contribution is 6.09. The molecule has 0 saturated carbocycles. The number of anilines is 3. The first kappa shape index (κ1) is 30.7. The molecule has 1 aliphatic rings. The third-order valence-corrected chi connectivity index (χ3v) is 10.9. The van der Waals surface area contributed by atoms with E-state index in [0.717, 1.165) is 44.9 Å². The molecule has 8 aromatic carbocycles. The van der Waals surface area contributed by atoms with Gasteiger partial charge in [-0.3, -0.25) is 0 Å².